The van der Waals surface area contributed by atoms with Crippen LogP contribution in [0, 0.1) is 11.6 Å². The van der Waals surface area contributed by atoms with Crippen molar-refractivity contribution >= 4 is 5.70 Å². The van der Waals surface area contributed by atoms with Crippen molar-refractivity contribution < 1.29 is 8.78 Å². The highest BCUT2D eigenvalue weighted by Crippen LogP contribution is 2.25. The van der Waals surface area contributed by atoms with Gasteiger partial charge in [0, 0.05) is 23.9 Å². The highest BCUT2D eigenvalue weighted by molar-refractivity contribution is 5.68. The molecule has 2 rings (SSSR count). The summed E-state index contributed by atoms with van der Waals surface area (Å²) in [5.74, 6) is -0.987. The van der Waals surface area contributed by atoms with Gasteiger partial charge in [-0.05, 0) is 25.0 Å². The fraction of sp³-hybridized carbons (Fsp3) is 0.273. The van der Waals surface area contributed by atoms with Gasteiger partial charge in [-0.1, -0.05) is 6.08 Å². The Balaban J connectivity index is 2.63. The Kier molecular flexibility index (Phi) is 2.23. The minimum Gasteiger partial charge on any atom is -0.384 e. The molecule has 0 amide bonds. The summed E-state index contributed by atoms with van der Waals surface area (Å²) in [6.45, 7) is 2.57. The van der Waals surface area contributed by atoms with Crippen LogP contribution >= 0.6 is 0 Å². The first-order chi connectivity index (χ1) is 6.72. The molecule has 1 aliphatic heterocycles. The van der Waals surface area contributed by atoms with Gasteiger partial charge < -0.3 is 5.32 Å². The van der Waals surface area contributed by atoms with Gasteiger partial charge in [0.25, 0.3) is 0 Å². The van der Waals surface area contributed by atoms with Crippen LogP contribution in [0.15, 0.2) is 18.2 Å². The summed E-state index contributed by atoms with van der Waals surface area (Å²) < 4.78 is 26.4. The molecule has 0 spiro atoms. The first kappa shape index (κ1) is 9.19. The maximum Gasteiger partial charge on any atom is 0.135 e. The van der Waals surface area contributed by atoms with Crippen LogP contribution in [-0.2, 0) is 6.42 Å². The van der Waals surface area contributed by atoms with Gasteiger partial charge in [0.05, 0.1) is 0 Å². The molecule has 1 aromatic carbocycles. The Hall–Kier alpha value is -1.38. The third-order valence-corrected chi connectivity index (χ3v) is 2.40. The molecule has 0 radical (unpaired) electrons. The zero-order valence-corrected chi connectivity index (χ0v) is 7.90. The van der Waals surface area contributed by atoms with Crippen molar-refractivity contribution in [1.82, 2.24) is 5.32 Å². The predicted molar refractivity (Wildman–Crippen MR) is 51.7 cm³/mol. The molecule has 14 heavy (non-hydrogen) atoms. The monoisotopic (exact) mass is 195 g/mol. The Morgan fingerprint density at radius 3 is 2.86 bits per heavy atom. The summed E-state index contributed by atoms with van der Waals surface area (Å²) >= 11 is 0. The predicted octanol–water partition coefficient (Wildman–Crippen LogP) is 2.47. The Bertz CT molecular complexity index is 397. The van der Waals surface area contributed by atoms with Crippen molar-refractivity contribution in [3.05, 3.63) is 41.0 Å². The van der Waals surface area contributed by atoms with Crippen LogP contribution in [0.25, 0.3) is 5.70 Å². The fourth-order valence-electron chi connectivity index (χ4n) is 1.79. The molecule has 1 N–H and O–H groups in total. The number of nitrogens with one attached hydrogen (secondary N) is 1. The molecule has 0 fully saturated rings. The molecule has 0 saturated heterocycles. The lowest BCUT2D eigenvalue weighted by Crippen LogP contribution is -2.23. The topological polar surface area (TPSA) is 12.0 Å². The second-order valence-electron chi connectivity index (χ2n) is 3.30. The van der Waals surface area contributed by atoms with E-state index in [0.717, 1.165) is 23.9 Å². The molecule has 0 aliphatic carbocycles. The molecule has 0 atom stereocenters. The third kappa shape index (κ3) is 1.39. The summed E-state index contributed by atoms with van der Waals surface area (Å²) in [7, 11) is 0. The van der Waals surface area contributed by atoms with Gasteiger partial charge in [-0.3, -0.25) is 0 Å². The lowest BCUT2D eigenvalue weighted by molar-refractivity contribution is 0.571. The number of benzene rings is 1. The summed E-state index contributed by atoms with van der Waals surface area (Å²) in [6.07, 6.45) is 2.47. The summed E-state index contributed by atoms with van der Waals surface area (Å²) in [5.41, 5.74) is 2.01. The highest BCUT2D eigenvalue weighted by atomic mass is 19.1. The number of allylic oxidation sites excluding steroid dienone is 1. The van der Waals surface area contributed by atoms with Crippen molar-refractivity contribution in [2.24, 2.45) is 0 Å². The third-order valence-electron chi connectivity index (χ3n) is 2.40. The van der Waals surface area contributed by atoms with Crippen LogP contribution in [0.5, 0.6) is 0 Å². The van der Waals surface area contributed by atoms with Crippen LogP contribution in [0.1, 0.15) is 18.1 Å². The maximum absolute atomic E-state index is 13.4. The van der Waals surface area contributed by atoms with E-state index in [2.05, 4.69) is 5.32 Å². The highest BCUT2D eigenvalue weighted by Gasteiger charge is 2.18. The first-order valence-corrected chi connectivity index (χ1v) is 4.61. The minimum absolute atomic E-state index is 0.486. The SMILES string of the molecule is C/C=C1\NCCc2cc(F)cc(F)c21. The Labute approximate surface area is 81.4 Å². The average Bonchev–Trinajstić information content (AvgIpc) is 2.16. The largest absolute Gasteiger partial charge is 0.384 e. The van der Waals surface area contributed by atoms with Crippen molar-refractivity contribution in [2.75, 3.05) is 6.54 Å². The number of halogens is 2. The molecule has 1 aliphatic rings. The zero-order chi connectivity index (χ0) is 10.1. The molecule has 0 aromatic heterocycles. The second-order valence-corrected chi connectivity index (χ2v) is 3.30. The minimum atomic E-state index is -0.501. The second kappa shape index (κ2) is 3.40. The first-order valence-electron chi connectivity index (χ1n) is 4.61. The zero-order valence-electron chi connectivity index (χ0n) is 7.90. The molecule has 3 heteroatoms. The average molecular weight is 195 g/mol. The fourth-order valence-corrected chi connectivity index (χ4v) is 1.79. The van der Waals surface area contributed by atoms with Gasteiger partial charge in [0.1, 0.15) is 11.6 Å². The van der Waals surface area contributed by atoms with Gasteiger partial charge in [-0.2, -0.15) is 0 Å². The van der Waals surface area contributed by atoms with Crippen LogP contribution in [0.2, 0.25) is 0 Å². The quantitative estimate of drug-likeness (QED) is 0.670. The van der Waals surface area contributed by atoms with E-state index in [9.17, 15) is 8.78 Å². The van der Waals surface area contributed by atoms with Gasteiger partial charge in [0.15, 0.2) is 0 Å². The van der Waals surface area contributed by atoms with Crippen LogP contribution < -0.4 is 5.32 Å². The molecule has 74 valence electrons. The van der Waals surface area contributed by atoms with Gasteiger partial charge in [-0.25, -0.2) is 8.78 Å². The van der Waals surface area contributed by atoms with Gasteiger partial charge in [-0.15, -0.1) is 0 Å². The Morgan fingerprint density at radius 2 is 2.14 bits per heavy atom. The molecule has 0 bridgehead atoms. The number of hydrogen-bond donors (Lipinski definition) is 1. The van der Waals surface area contributed by atoms with Crippen molar-refractivity contribution in [1.29, 1.82) is 0 Å². The van der Waals surface area contributed by atoms with E-state index in [1.807, 2.05) is 6.92 Å². The van der Waals surface area contributed by atoms with Crippen molar-refractivity contribution in [3.8, 4) is 0 Å². The van der Waals surface area contributed by atoms with E-state index in [1.165, 1.54) is 6.07 Å². The van der Waals surface area contributed by atoms with Crippen LogP contribution in [0.3, 0.4) is 0 Å². The lowest BCUT2D eigenvalue weighted by atomic mass is 9.97. The number of hydrogen-bond acceptors (Lipinski definition) is 1. The molecule has 1 nitrogen and oxygen atoms in total. The number of fused-ring (bicyclic) bond motifs is 1. The van der Waals surface area contributed by atoms with E-state index in [1.54, 1.807) is 6.08 Å². The lowest BCUT2D eigenvalue weighted by Gasteiger charge is -2.21. The molecule has 0 unspecified atom stereocenters. The van der Waals surface area contributed by atoms with E-state index >= 15 is 0 Å². The molecule has 0 saturated carbocycles. The Morgan fingerprint density at radius 1 is 1.36 bits per heavy atom. The maximum atomic E-state index is 13.4. The van der Waals surface area contributed by atoms with E-state index in [0.29, 0.717) is 12.0 Å². The van der Waals surface area contributed by atoms with Crippen molar-refractivity contribution in [3.63, 3.8) is 0 Å². The summed E-state index contributed by atoms with van der Waals surface area (Å²) in [6, 6.07) is 2.33. The molecular formula is C11H11F2N. The standard InChI is InChI=1S/C11H11F2N/c1-2-10-11-7(3-4-14-10)5-8(12)6-9(11)13/h2,5-6,14H,3-4H2,1H3/b10-2-. The van der Waals surface area contributed by atoms with Crippen LogP contribution in [0.4, 0.5) is 8.78 Å². The molecule has 1 heterocycles. The summed E-state index contributed by atoms with van der Waals surface area (Å²) in [5, 5.41) is 3.08. The van der Waals surface area contributed by atoms with Gasteiger partial charge >= 0.3 is 0 Å². The number of rotatable bonds is 0. The van der Waals surface area contributed by atoms with E-state index < -0.39 is 11.6 Å². The van der Waals surface area contributed by atoms with Crippen molar-refractivity contribution in [2.45, 2.75) is 13.3 Å². The smallest absolute Gasteiger partial charge is 0.135 e. The van der Waals surface area contributed by atoms with Gasteiger partial charge in [0.2, 0.25) is 0 Å². The summed E-state index contributed by atoms with van der Waals surface area (Å²) in [4.78, 5) is 0. The van der Waals surface area contributed by atoms with E-state index in [-0.39, 0.29) is 0 Å². The molecule has 1 aromatic rings. The normalized spacial score (nSPS) is 17.8. The van der Waals surface area contributed by atoms with Crippen LogP contribution in [-0.4, -0.2) is 6.54 Å². The van der Waals surface area contributed by atoms with E-state index in [4.69, 9.17) is 0 Å². The molecular weight excluding hydrogens is 184 g/mol.